The SMILES string of the molecule is CCc1cc(NN)n2nc(N3CCCC3)nc2n1. The molecule has 0 saturated carbocycles. The molecule has 0 spiro atoms. The third-order valence-corrected chi connectivity index (χ3v) is 3.25. The number of hydrogen-bond donors (Lipinski definition) is 2. The number of fused-ring (bicyclic) bond motifs is 1. The predicted octanol–water partition coefficient (Wildman–Crippen LogP) is 0.572. The number of nitrogens with zero attached hydrogens (tertiary/aromatic N) is 5. The molecule has 3 rings (SSSR count). The first kappa shape index (κ1) is 11.2. The van der Waals surface area contributed by atoms with Crippen molar-refractivity contribution in [1.29, 1.82) is 0 Å². The van der Waals surface area contributed by atoms with Gasteiger partial charge in [0.2, 0.25) is 5.95 Å². The van der Waals surface area contributed by atoms with Gasteiger partial charge >= 0.3 is 0 Å². The number of hydrazine groups is 1. The van der Waals surface area contributed by atoms with E-state index in [1.54, 1.807) is 4.52 Å². The van der Waals surface area contributed by atoms with Crippen LogP contribution < -0.4 is 16.2 Å². The number of nitrogens with two attached hydrogens (primary N) is 1. The topological polar surface area (TPSA) is 84.4 Å². The number of nitrogens with one attached hydrogen (secondary N) is 1. The first-order valence-electron chi connectivity index (χ1n) is 6.30. The van der Waals surface area contributed by atoms with Crippen molar-refractivity contribution in [2.24, 2.45) is 5.84 Å². The second-order valence-corrected chi connectivity index (χ2v) is 4.45. The molecule has 7 heteroatoms. The lowest BCUT2D eigenvalue weighted by atomic mass is 10.3. The highest BCUT2D eigenvalue weighted by Gasteiger charge is 2.18. The third kappa shape index (κ3) is 1.76. The number of aromatic nitrogens is 4. The van der Waals surface area contributed by atoms with Crippen molar-refractivity contribution in [3.05, 3.63) is 11.8 Å². The molecular formula is C11H17N7. The Balaban J connectivity index is 2.09. The number of rotatable bonds is 3. The van der Waals surface area contributed by atoms with Gasteiger partial charge in [-0.25, -0.2) is 10.8 Å². The molecule has 0 bridgehead atoms. The molecule has 3 heterocycles. The van der Waals surface area contributed by atoms with Crippen LogP contribution in [0.3, 0.4) is 0 Å². The van der Waals surface area contributed by atoms with Crippen LogP contribution in [0.15, 0.2) is 6.07 Å². The monoisotopic (exact) mass is 247 g/mol. The van der Waals surface area contributed by atoms with Crippen molar-refractivity contribution in [2.75, 3.05) is 23.4 Å². The van der Waals surface area contributed by atoms with Crippen LogP contribution in [0.2, 0.25) is 0 Å². The van der Waals surface area contributed by atoms with Gasteiger partial charge in [-0.2, -0.15) is 9.50 Å². The summed E-state index contributed by atoms with van der Waals surface area (Å²) in [5.41, 5.74) is 3.61. The fourth-order valence-electron chi connectivity index (χ4n) is 2.24. The Hall–Kier alpha value is -1.89. The smallest absolute Gasteiger partial charge is 0.256 e. The molecule has 1 fully saturated rings. The van der Waals surface area contributed by atoms with Crippen LogP contribution in [-0.4, -0.2) is 32.7 Å². The Morgan fingerprint density at radius 2 is 2.11 bits per heavy atom. The van der Waals surface area contributed by atoms with Gasteiger partial charge in [-0.3, -0.25) is 0 Å². The van der Waals surface area contributed by atoms with Crippen molar-refractivity contribution < 1.29 is 0 Å². The highest BCUT2D eigenvalue weighted by Crippen LogP contribution is 2.19. The second-order valence-electron chi connectivity index (χ2n) is 4.45. The van der Waals surface area contributed by atoms with E-state index in [-0.39, 0.29) is 0 Å². The zero-order valence-electron chi connectivity index (χ0n) is 10.4. The molecule has 0 amide bonds. The summed E-state index contributed by atoms with van der Waals surface area (Å²) in [5.74, 6) is 7.58. The maximum Gasteiger partial charge on any atom is 0.256 e. The van der Waals surface area contributed by atoms with Crippen LogP contribution >= 0.6 is 0 Å². The average Bonchev–Trinajstić information content (AvgIpc) is 3.05. The summed E-state index contributed by atoms with van der Waals surface area (Å²) in [6.45, 7) is 4.09. The van der Waals surface area contributed by atoms with E-state index in [0.29, 0.717) is 5.78 Å². The average molecular weight is 247 g/mol. The number of hydrogen-bond acceptors (Lipinski definition) is 6. The minimum absolute atomic E-state index is 0.601. The molecule has 1 aliphatic rings. The summed E-state index contributed by atoms with van der Waals surface area (Å²) >= 11 is 0. The summed E-state index contributed by atoms with van der Waals surface area (Å²) in [6, 6.07) is 1.90. The van der Waals surface area contributed by atoms with E-state index >= 15 is 0 Å². The van der Waals surface area contributed by atoms with E-state index in [4.69, 9.17) is 5.84 Å². The van der Waals surface area contributed by atoms with Crippen LogP contribution in [0, 0.1) is 0 Å². The molecule has 0 aromatic carbocycles. The molecule has 1 saturated heterocycles. The molecule has 0 atom stereocenters. The molecule has 0 unspecified atom stereocenters. The van der Waals surface area contributed by atoms with Crippen molar-refractivity contribution in [3.63, 3.8) is 0 Å². The highest BCUT2D eigenvalue weighted by atomic mass is 15.5. The zero-order valence-corrected chi connectivity index (χ0v) is 10.4. The lowest BCUT2D eigenvalue weighted by molar-refractivity contribution is 0.866. The Morgan fingerprint density at radius 1 is 1.33 bits per heavy atom. The minimum atomic E-state index is 0.601. The molecule has 0 aliphatic carbocycles. The lowest BCUT2D eigenvalue weighted by Gasteiger charge is -2.10. The first-order valence-corrected chi connectivity index (χ1v) is 6.30. The Kier molecular flexibility index (Phi) is 2.75. The first-order chi connectivity index (χ1) is 8.81. The van der Waals surface area contributed by atoms with Gasteiger partial charge in [0.05, 0.1) is 0 Å². The maximum atomic E-state index is 5.52. The highest BCUT2D eigenvalue weighted by molar-refractivity contribution is 5.48. The van der Waals surface area contributed by atoms with E-state index in [0.717, 1.165) is 37.0 Å². The van der Waals surface area contributed by atoms with Gasteiger partial charge in [0.1, 0.15) is 5.82 Å². The Bertz CT molecular complexity index is 556. The Labute approximate surface area is 105 Å². The minimum Gasteiger partial charge on any atom is -0.339 e. The molecule has 3 N–H and O–H groups in total. The Morgan fingerprint density at radius 3 is 2.78 bits per heavy atom. The van der Waals surface area contributed by atoms with Gasteiger partial charge in [-0.1, -0.05) is 6.92 Å². The molecule has 96 valence electrons. The maximum absolute atomic E-state index is 5.52. The predicted molar refractivity (Wildman–Crippen MR) is 69.4 cm³/mol. The quantitative estimate of drug-likeness (QED) is 0.609. The molecule has 18 heavy (non-hydrogen) atoms. The van der Waals surface area contributed by atoms with Crippen LogP contribution in [0.25, 0.3) is 5.78 Å². The van der Waals surface area contributed by atoms with Crippen LogP contribution in [0.5, 0.6) is 0 Å². The van der Waals surface area contributed by atoms with Gasteiger partial charge in [-0.15, -0.1) is 5.10 Å². The van der Waals surface area contributed by atoms with Crippen molar-refractivity contribution in [1.82, 2.24) is 19.6 Å². The van der Waals surface area contributed by atoms with Crippen LogP contribution in [0.1, 0.15) is 25.5 Å². The molecule has 2 aromatic heterocycles. The lowest BCUT2D eigenvalue weighted by Crippen LogP contribution is -2.19. The molecule has 7 nitrogen and oxygen atoms in total. The van der Waals surface area contributed by atoms with E-state index in [2.05, 4.69) is 32.3 Å². The van der Waals surface area contributed by atoms with E-state index in [1.807, 2.05) is 6.07 Å². The number of nitrogen functional groups attached to an aromatic ring is 1. The van der Waals surface area contributed by atoms with Gasteiger partial charge in [0.25, 0.3) is 5.78 Å². The fourth-order valence-corrected chi connectivity index (χ4v) is 2.24. The molecule has 2 aromatic rings. The summed E-state index contributed by atoms with van der Waals surface area (Å²) < 4.78 is 1.66. The molecule has 1 aliphatic heterocycles. The van der Waals surface area contributed by atoms with Crippen LogP contribution in [-0.2, 0) is 6.42 Å². The third-order valence-electron chi connectivity index (χ3n) is 3.25. The van der Waals surface area contributed by atoms with Crippen molar-refractivity contribution in [2.45, 2.75) is 26.2 Å². The van der Waals surface area contributed by atoms with E-state index in [9.17, 15) is 0 Å². The summed E-state index contributed by atoms with van der Waals surface area (Å²) in [4.78, 5) is 11.1. The van der Waals surface area contributed by atoms with Gasteiger partial charge < -0.3 is 10.3 Å². The van der Waals surface area contributed by atoms with Crippen LogP contribution in [0.4, 0.5) is 11.8 Å². The molecule has 0 radical (unpaired) electrons. The second kappa shape index (κ2) is 4.41. The van der Waals surface area contributed by atoms with Gasteiger partial charge in [0, 0.05) is 24.8 Å². The van der Waals surface area contributed by atoms with E-state index in [1.165, 1.54) is 12.8 Å². The zero-order chi connectivity index (χ0) is 12.5. The van der Waals surface area contributed by atoms with Gasteiger partial charge in [0.15, 0.2) is 0 Å². The number of aryl methyl sites for hydroxylation is 1. The molecular weight excluding hydrogens is 230 g/mol. The van der Waals surface area contributed by atoms with Crippen molar-refractivity contribution >= 4 is 17.5 Å². The van der Waals surface area contributed by atoms with E-state index < -0.39 is 0 Å². The van der Waals surface area contributed by atoms with Gasteiger partial charge in [-0.05, 0) is 19.3 Å². The number of anilines is 2. The fraction of sp³-hybridized carbons (Fsp3) is 0.545. The summed E-state index contributed by atoms with van der Waals surface area (Å²) in [7, 11) is 0. The normalized spacial score (nSPS) is 15.6. The van der Waals surface area contributed by atoms with Crippen molar-refractivity contribution in [3.8, 4) is 0 Å². The standard InChI is InChI=1S/C11H17N7/c1-2-8-7-9(15-12)18-10(13-8)14-11(16-18)17-5-3-4-6-17/h7,15H,2-6,12H2,1H3. The summed E-state index contributed by atoms with van der Waals surface area (Å²) in [6.07, 6.45) is 3.24. The summed E-state index contributed by atoms with van der Waals surface area (Å²) in [5, 5.41) is 4.47. The largest absolute Gasteiger partial charge is 0.339 e.